The summed E-state index contributed by atoms with van der Waals surface area (Å²) in [7, 11) is 0. The third-order valence-electron chi connectivity index (χ3n) is 10.0. The minimum atomic E-state index is -1.17. The number of pyridine rings is 3. The van der Waals surface area contributed by atoms with Crippen LogP contribution < -0.4 is 9.47 Å². The molecule has 0 fully saturated rings. The van der Waals surface area contributed by atoms with Gasteiger partial charge in [-0.2, -0.15) is 0 Å². The summed E-state index contributed by atoms with van der Waals surface area (Å²) in [6.45, 7) is 5.30. The van der Waals surface area contributed by atoms with Crippen molar-refractivity contribution in [2.75, 3.05) is 45.9 Å². The number of carboxylic acid groups (broad SMARTS) is 2. The molecule has 0 amide bonds. The second kappa shape index (κ2) is 23.6. The maximum Gasteiger partial charge on any atom is 0.354 e. The van der Waals surface area contributed by atoms with E-state index in [2.05, 4.69) is 50.3 Å². The number of hydrogen-bond donors (Lipinski definition) is 2. The molecule has 0 spiro atoms. The fourth-order valence-corrected chi connectivity index (χ4v) is 6.86. The van der Waals surface area contributed by atoms with E-state index >= 15 is 0 Å². The Morgan fingerprint density at radius 2 is 1.06 bits per heavy atom. The van der Waals surface area contributed by atoms with Crippen molar-refractivity contribution in [3.05, 3.63) is 147 Å². The largest absolute Gasteiger partial charge is 0.493 e. The standard InChI is InChI=1S/C52H48N6O7/c1-4-6-27-64-47-19-15-39(16-20-47)11-13-41-29-45(54-49(31-41)38(3)59)35-56-23-25-57(33-43-9-8-10-44(53-43)34-58(26-24-56)37-51(60)61)36-46-30-42(32-50(55-46)52(62)63)14-12-40-17-21-48(22-18-40)65-28-7-5-2/h1-2,8-10,15-22,29-32H,6-7,23-28,33-37H2,3H3,(H,60,61)(H,62,63). The number of ether oxygens (including phenoxy) is 2. The highest BCUT2D eigenvalue weighted by Gasteiger charge is 2.20. The molecule has 2 N–H and O–H groups in total. The lowest BCUT2D eigenvalue weighted by molar-refractivity contribution is -0.138. The van der Waals surface area contributed by atoms with Crippen LogP contribution in [0.2, 0.25) is 0 Å². The number of fused-ring (bicyclic) bond motifs is 2. The molecule has 6 rings (SSSR count). The van der Waals surface area contributed by atoms with Gasteiger partial charge in [0.1, 0.15) is 22.9 Å². The molecule has 5 aromatic rings. The average molecular weight is 869 g/mol. The fraction of sp³-hybridized carbons (Fsp3) is 0.269. The van der Waals surface area contributed by atoms with Crippen LogP contribution in [0.3, 0.4) is 0 Å². The van der Waals surface area contributed by atoms with Crippen molar-refractivity contribution in [1.82, 2.24) is 29.7 Å². The van der Waals surface area contributed by atoms with Crippen LogP contribution in [0.25, 0.3) is 0 Å². The molecule has 0 unspecified atom stereocenters. The summed E-state index contributed by atoms with van der Waals surface area (Å²) in [6.07, 6.45) is 11.6. The summed E-state index contributed by atoms with van der Waals surface area (Å²) in [4.78, 5) is 57.3. The molecule has 0 aliphatic carbocycles. The summed E-state index contributed by atoms with van der Waals surface area (Å²) < 4.78 is 11.3. The lowest BCUT2D eigenvalue weighted by Crippen LogP contribution is -2.41. The van der Waals surface area contributed by atoms with Crippen molar-refractivity contribution in [2.45, 2.75) is 45.9 Å². The number of aliphatic carboxylic acids is 1. The van der Waals surface area contributed by atoms with E-state index in [1.807, 2.05) is 65.6 Å². The molecule has 0 radical (unpaired) electrons. The highest BCUT2D eigenvalue weighted by atomic mass is 16.5. The first-order chi connectivity index (χ1) is 31.5. The zero-order valence-electron chi connectivity index (χ0n) is 36.1. The van der Waals surface area contributed by atoms with Crippen molar-refractivity contribution in [3.63, 3.8) is 0 Å². The summed E-state index contributed by atoms with van der Waals surface area (Å²) in [6, 6.07) is 27.1. The fourth-order valence-electron chi connectivity index (χ4n) is 6.86. The third-order valence-corrected chi connectivity index (χ3v) is 10.0. The number of aromatic nitrogens is 3. The number of aromatic carboxylic acids is 1. The molecular weight excluding hydrogens is 821 g/mol. The number of carbonyl (C=O) groups is 3. The Morgan fingerprint density at radius 1 is 0.600 bits per heavy atom. The Balaban J connectivity index is 1.26. The average Bonchev–Trinajstić information content (AvgIpc) is 3.29. The first kappa shape index (κ1) is 46.7. The zero-order chi connectivity index (χ0) is 46.0. The van der Waals surface area contributed by atoms with Gasteiger partial charge in [-0.15, -0.1) is 24.7 Å². The molecule has 328 valence electrons. The lowest BCUT2D eigenvalue weighted by atomic mass is 10.1. The van der Waals surface area contributed by atoms with Crippen LogP contribution in [-0.2, 0) is 31.0 Å². The second-order valence-electron chi connectivity index (χ2n) is 15.2. The van der Waals surface area contributed by atoms with Gasteiger partial charge in [-0.1, -0.05) is 29.7 Å². The maximum atomic E-state index is 12.7. The van der Waals surface area contributed by atoms with E-state index in [1.54, 1.807) is 24.3 Å². The Morgan fingerprint density at radius 3 is 1.57 bits per heavy atom. The van der Waals surface area contributed by atoms with Crippen LogP contribution in [-0.4, -0.2) is 104 Å². The van der Waals surface area contributed by atoms with Gasteiger partial charge < -0.3 is 19.7 Å². The quantitative estimate of drug-likeness (QED) is 0.0787. The first-order valence-electron chi connectivity index (χ1n) is 21.0. The molecule has 1 aliphatic heterocycles. The predicted octanol–water partition coefficient (Wildman–Crippen LogP) is 5.78. The Hall–Kier alpha value is -7.78. The number of Topliss-reactive ketones (excluding diaryl/α,β-unsaturated/α-hetero) is 1. The second-order valence-corrected chi connectivity index (χ2v) is 15.2. The normalized spacial score (nSPS) is 13.2. The zero-order valence-corrected chi connectivity index (χ0v) is 36.1. The van der Waals surface area contributed by atoms with Crippen LogP contribution in [0.1, 0.15) is 85.8 Å². The molecule has 1 aliphatic rings. The lowest BCUT2D eigenvalue weighted by Gasteiger charge is -2.30. The van der Waals surface area contributed by atoms with Gasteiger partial charge in [0.05, 0.1) is 42.5 Å². The van der Waals surface area contributed by atoms with Crippen LogP contribution in [0.4, 0.5) is 0 Å². The molecule has 13 nitrogen and oxygen atoms in total. The van der Waals surface area contributed by atoms with E-state index in [1.165, 1.54) is 13.0 Å². The number of rotatable bonds is 14. The van der Waals surface area contributed by atoms with E-state index in [4.69, 9.17) is 32.3 Å². The van der Waals surface area contributed by atoms with Gasteiger partial charge in [0.2, 0.25) is 0 Å². The molecule has 4 heterocycles. The number of carboxylic acids is 2. The third kappa shape index (κ3) is 15.2. The molecule has 65 heavy (non-hydrogen) atoms. The number of benzene rings is 2. The van der Waals surface area contributed by atoms with Gasteiger partial charge in [0.15, 0.2) is 5.78 Å². The van der Waals surface area contributed by atoms with Crippen molar-refractivity contribution in [2.24, 2.45) is 0 Å². The predicted molar refractivity (Wildman–Crippen MR) is 245 cm³/mol. The number of hydrogen-bond acceptors (Lipinski definition) is 11. The van der Waals surface area contributed by atoms with E-state index in [-0.39, 0.29) is 30.3 Å². The summed E-state index contributed by atoms with van der Waals surface area (Å²) in [5.41, 5.74) is 5.36. The molecule has 3 aromatic heterocycles. The van der Waals surface area contributed by atoms with Crippen LogP contribution in [0.15, 0.2) is 91.0 Å². The summed E-state index contributed by atoms with van der Waals surface area (Å²) in [5.74, 6) is 16.7. The number of nitrogens with zero attached hydrogens (tertiary/aromatic N) is 6. The van der Waals surface area contributed by atoms with E-state index in [0.29, 0.717) is 106 Å². The minimum absolute atomic E-state index is 0.129. The molecule has 0 atom stereocenters. The highest BCUT2D eigenvalue weighted by molar-refractivity contribution is 5.92. The molecule has 2 aromatic carbocycles. The monoisotopic (exact) mass is 868 g/mol. The maximum absolute atomic E-state index is 12.7. The van der Waals surface area contributed by atoms with Gasteiger partial charge in [0.25, 0.3) is 0 Å². The molecule has 0 saturated carbocycles. The van der Waals surface area contributed by atoms with Crippen molar-refractivity contribution < 1.29 is 34.1 Å². The molecule has 2 bridgehead atoms. The Labute approximate surface area is 379 Å². The Kier molecular flexibility index (Phi) is 17.0. The van der Waals surface area contributed by atoms with Crippen LogP contribution >= 0.6 is 0 Å². The van der Waals surface area contributed by atoms with Gasteiger partial charge in [-0.05, 0) is 84.9 Å². The SMILES string of the molecule is C#CCCOc1ccc(C#Cc2cc(CN3CCN(CC(=O)O)Cc4cccc(n4)CN(Cc4cc(C#Cc5ccc(OCCC#C)cc5)cc(C(=O)O)n4)CC3)nc(C(C)=O)c2)cc1. The van der Waals surface area contributed by atoms with E-state index in [9.17, 15) is 24.6 Å². The van der Waals surface area contributed by atoms with Crippen LogP contribution in [0, 0.1) is 48.4 Å². The number of ketones is 1. The van der Waals surface area contributed by atoms with E-state index in [0.717, 1.165) is 22.5 Å². The highest BCUT2D eigenvalue weighted by Crippen LogP contribution is 2.18. The van der Waals surface area contributed by atoms with Crippen molar-refractivity contribution in [1.29, 1.82) is 0 Å². The van der Waals surface area contributed by atoms with Gasteiger partial charge >= 0.3 is 11.9 Å². The van der Waals surface area contributed by atoms with Gasteiger partial charge in [-0.25, -0.2) is 14.8 Å². The Bertz CT molecular complexity index is 2700. The summed E-state index contributed by atoms with van der Waals surface area (Å²) in [5, 5.41) is 19.9. The van der Waals surface area contributed by atoms with Gasteiger partial charge in [0, 0.05) is 94.4 Å². The minimum Gasteiger partial charge on any atom is -0.493 e. The van der Waals surface area contributed by atoms with Crippen molar-refractivity contribution in [3.8, 4) is 59.9 Å². The van der Waals surface area contributed by atoms with Crippen LogP contribution in [0.5, 0.6) is 11.5 Å². The summed E-state index contributed by atoms with van der Waals surface area (Å²) >= 11 is 0. The van der Waals surface area contributed by atoms with Crippen molar-refractivity contribution >= 4 is 17.7 Å². The smallest absolute Gasteiger partial charge is 0.354 e. The molecule has 13 heteroatoms. The number of terminal acetylenes is 2. The van der Waals surface area contributed by atoms with Gasteiger partial charge in [-0.3, -0.25) is 29.3 Å². The molecule has 0 saturated heterocycles. The topological polar surface area (TPSA) is 159 Å². The molecular formula is C52H48N6O7. The van der Waals surface area contributed by atoms with E-state index < -0.39 is 11.9 Å². The number of carbonyl (C=O) groups excluding carboxylic acids is 1. The first-order valence-corrected chi connectivity index (χ1v) is 21.0.